The van der Waals surface area contributed by atoms with Crippen molar-refractivity contribution < 1.29 is 9.53 Å². The van der Waals surface area contributed by atoms with Crippen molar-refractivity contribution in [2.45, 2.75) is 19.3 Å². The van der Waals surface area contributed by atoms with Gasteiger partial charge in [-0.2, -0.15) is 0 Å². The van der Waals surface area contributed by atoms with E-state index in [1.54, 1.807) is 0 Å². The molecule has 1 N–H and O–H groups in total. The van der Waals surface area contributed by atoms with Crippen molar-refractivity contribution in [2.75, 3.05) is 26.2 Å². The van der Waals surface area contributed by atoms with E-state index >= 15 is 0 Å². The van der Waals surface area contributed by atoms with Crippen molar-refractivity contribution in [2.24, 2.45) is 0 Å². The van der Waals surface area contributed by atoms with E-state index in [9.17, 15) is 4.79 Å². The number of para-hydroxylation sites is 1. The van der Waals surface area contributed by atoms with Crippen molar-refractivity contribution in [3.05, 3.63) is 30.3 Å². The summed E-state index contributed by atoms with van der Waals surface area (Å²) in [6.07, 6.45) is 3.09. The molecule has 4 nitrogen and oxygen atoms in total. The van der Waals surface area contributed by atoms with Gasteiger partial charge in [-0.1, -0.05) is 18.2 Å². The smallest absolute Gasteiger partial charge is 0.317 e. The topological polar surface area (TPSA) is 41.6 Å². The second kappa shape index (κ2) is 6.89. The van der Waals surface area contributed by atoms with Crippen LogP contribution in [0.4, 0.5) is 4.79 Å². The lowest BCUT2D eigenvalue weighted by atomic mass is 10.3. The van der Waals surface area contributed by atoms with Crippen LogP contribution in [0.1, 0.15) is 19.3 Å². The number of benzene rings is 1. The van der Waals surface area contributed by atoms with Crippen LogP contribution in [0.2, 0.25) is 0 Å². The van der Waals surface area contributed by atoms with E-state index < -0.39 is 0 Å². The summed E-state index contributed by atoms with van der Waals surface area (Å²) < 4.78 is 5.55. The summed E-state index contributed by atoms with van der Waals surface area (Å²) in [6.45, 7) is 3.09. The Balaban J connectivity index is 1.54. The molecular formula is C14H20N2O2. The SMILES string of the molecule is O=C(NCCCOc1ccccc1)N1CCCC1. The molecule has 1 aromatic carbocycles. The first-order valence-electron chi connectivity index (χ1n) is 6.57. The fourth-order valence-electron chi connectivity index (χ4n) is 2.01. The van der Waals surface area contributed by atoms with Crippen LogP contribution in [-0.4, -0.2) is 37.2 Å². The molecule has 0 atom stereocenters. The van der Waals surface area contributed by atoms with Crippen molar-refractivity contribution in [1.82, 2.24) is 10.2 Å². The zero-order chi connectivity index (χ0) is 12.6. The van der Waals surface area contributed by atoms with Crippen LogP contribution in [0.5, 0.6) is 5.75 Å². The number of urea groups is 1. The molecule has 1 saturated heterocycles. The summed E-state index contributed by atoms with van der Waals surface area (Å²) in [5.41, 5.74) is 0. The fourth-order valence-corrected chi connectivity index (χ4v) is 2.01. The van der Waals surface area contributed by atoms with Crippen molar-refractivity contribution >= 4 is 6.03 Å². The third-order valence-electron chi connectivity index (χ3n) is 3.00. The number of likely N-dealkylation sites (tertiary alicyclic amines) is 1. The number of ether oxygens (including phenoxy) is 1. The van der Waals surface area contributed by atoms with Gasteiger partial charge in [-0.25, -0.2) is 4.79 Å². The molecule has 0 saturated carbocycles. The molecule has 0 aromatic heterocycles. The second-order valence-corrected chi connectivity index (χ2v) is 4.44. The monoisotopic (exact) mass is 248 g/mol. The first-order chi connectivity index (χ1) is 8.86. The molecule has 0 spiro atoms. The highest BCUT2D eigenvalue weighted by Gasteiger charge is 2.16. The van der Waals surface area contributed by atoms with Crippen LogP contribution in [0, 0.1) is 0 Å². The molecule has 4 heteroatoms. The van der Waals surface area contributed by atoms with Gasteiger partial charge < -0.3 is 15.0 Å². The van der Waals surface area contributed by atoms with Gasteiger partial charge in [0.25, 0.3) is 0 Å². The van der Waals surface area contributed by atoms with Crippen LogP contribution in [-0.2, 0) is 0 Å². The number of hydrogen-bond donors (Lipinski definition) is 1. The minimum absolute atomic E-state index is 0.0622. The summed E-state index contributed by atoms with van der Waals surface area (Å²) in [7, 11) is 0. The molecule has 1 fully saturated rings. The molecule has 2 amide bonds. The summed E-state index contributed by atoms with van der Waals surface area (Å²) >= 11 is 0. The van der Waals surface area contributed by atoms with Gasteiger partial charge in [0.1, 0.15) is 5.75 Å². The van der Waals surface area contributed by atoms with E-state index in [4.69, 9.17) is 4.74 Å². The Bertz CT molecular complexity index is 361. The average molecular weight is 248 g/mol. The van der Waals surface area contributed by atoms with E-state index in [1.165, 1.54) is 0 Å². The van der Waals surface area contributed by atoms with Crippen LogP contribution >= 0.6 is 0 Å². The zero-order valence-electron chi connectivity index (χ0n) is 10.6. The number of rotatable bonds is 5. The Kier molecular flexibility index (Phi) is 4.88. The zero-order valence-corrected chi connectivity index (χ0v) is 10.6. The van der Waals surface area contributed by atoms with Crippen LogP contribution in [0.15, 0.2) is 30.3 Å². The molecular weight excluding hydrogens is 228 g/mol. The van der Waals surface area contributed by atoms with Gasteiger partial charge in [-0.15, -0.1) is 0 Å². The lowest BCUT2D eigenvalue weighted by Crippen LogP contribution is -2.38. The van der Waals surface area contributed by atoms with Gasteiger partial charge >= 0.3 is 6.03 Å². The first kappa shape index (κ1) is 12.7. The van der Waals surface area contributed by atoms with Crippen LogP contribution in [0.3, 0.4) is 0 Å². The molecule has 0 unspecified atom stereocenters. The van der Waals surface area contributed by atoms with Gasteiger partial charge in [-0.05, 0) is 31.4 Å². The molecule has 18 heavy (non-hydrogen) atoms. The van der Waals surface area contributed by atoms with E-state index in [0.717, 1.165) is 38.1 Å². The lowest BCUT2D eigenvalue weighted by molar-refractivity contribution is 0.207. The standard InChI is InChI=1S/C14H20N2O2/c17-14(16-10-4-5-11-16)15-9-6-12-18-13-7-2-1-3-8-13/h1-3,7-8H,4-6,9-12H2,(H,15,17). The number of carbonyl (C=O) groups excluding carboxylic acids is 1. The number of hydrogen-bond acceptors (Lipinski definition) is 2. The van der Waals surface area contributed by atoms with Gasteiger partial charge in [0.2, 0.25) is 0 Å². The maximum absolute atomic E-state index is 11.7. The third kappa shape index (κ3) is 3.95. The normalized spacial score (nSPS) is 14.6. The van der Waals surface area contributed by atoms with E-state index in [-0.39, 0.29) is 6.03 Å². The molecule has 0 aliphatic carbocycles. The van der Waals surface area contributed by atoms with Gasteiger partial charge in [0.15, 0.2) is 0 Å². The highest BCUT2D eigenvalue weighted by molar-refractivity contribution is 5.74. The van der Waals surface area contributed by atoms with Crippen molar-refractivity contribution in [3.63, 3.8) is 0 Å². The second-order valence-electron chi connectivity index (χ2n) is 4.44. The Morgan fingerprint density at radius 2 is 1.94 bits per heavy atom. The quantitative estimate of drug-likeness (QED) is 0.812. The molecule has 1 aliphatic heterocycles. The van der Waals surface area contributed by atoms with E-state index in [0.29, 0.717) is 13.2 Å². The maximum Gasteiger partial charge on any atom is 0.317 e. The maximum atomic E-state index is 11.7. The minimum atomic E-state index is 0.0622. The third-order valence-corrected chi connectivity index (χ3v) is 3.00. The molecule has 1 aliphatic rings. The molecule has 1 heterocycles. The van der Waals surface area contributed by atoms with Gasteiger partial charge in [-0.3, -0.25) is 0 Å². The lowest BCUT2D eigenvalue weighted by Gasteiger charge is -2.16. The Morgan fingerprint density at radius 1 is 1.22 bits per heavy atom. The Labute approximate surface area is 108 Å². The van der Waals surface area contributed by atoms with E-state index in [1.807, 2.05) is 35.2 Å². The van der Waals surface area contributed by atoms with Crippen LogP contribution in [0.25, 0.3) is 0 Å². The number of carbonyl (C=O) groups is 1. The molecule has 2 rings (SSSR count). The molecule has 1 aromatic rings. The average Bonchev–Trinajstić information content (AvgIpc) is 2.93. The predicted molar refractivity (Wildman–Crippen MR) is 70.8 cm³/mol. The summed E-state index contributed by atoms with van der Waals surface area (Å²) in [6, 6.07) is 9.79. The minimum Gasteiger partial charge on any atom is -0.494 e. The summed E-state index contributed by atoms with van der Waals surface area (Å²) in [4.78, 5) is 13.5. The van der Waals surface area contributed by atoms with Gasteiger partial charge in [0.05, 0.1) is 6.61 Å². The predicted octanol–water partition coefficient (Wildman–Crippen LogP) is 2.26. The number of amides is 2. The highest BCUT2D eigenvalue weighted by Crippen LogP contribution is 2.08. The van der Waals surface area contributed by atoms with Crippen molar-refractivity contribution in [3.8, 4) is 5.75 Å². The van der Waals surface area contributed by atoms with Gasteiger partial charge in [0, 0.05) is 19.6 Å². The number of nitrogens with zero attached hydrogens (tertiary/aromatic N) is 1. The fraction of sp³-hybridized carbons (Fsp3) is 0.500. The number of nitrogens with one attached hydrogen (secondary N) is 1. The molecule has 0 radical (unpaired) electrons. The largest absolute Gasteiger partial charge is 0.494 e. The molecule has 0 bridgehead atoms. The van der Waals surface area contributed by atoms with E-state index in [2.05, 4.69) is 5.32 Å². The highest BCUT2D eigenvalue weighted by atomic mass is 16.5. The Morgan fingerprint density at radius 3 is 2.67 bits per heavy atom. The molecule has 98 valence electrons. The Hall–Kier alpha value is -1.71. The summed E-state index contributed by atoms with van der Waals surface area (Å²) in [5, 5.41) is 2.92. The first-order valence-corrected chi connectivity index (χ1v) is 6.57. The van der Waals surface area contributed by atoms with Crippen molar-refractivity contribution in [1.29, 1.82) is 0 Å². The van der Waals surface area contributed by atoms with Crippen LogP contribution < -0.4 is 10.1 Å². The summed E-state index contributed by atoms with van der Waals surface area (Å²) in [5.74, 6) is 0.878.